The quantitative estimate of drug-likeness (QED) is 0.157. The van der Waals surface area contributed by atoms with Gasteiger partial charge in [0.15, 0.2) is 11.6 Å². The number of ketones is 2. The highest BCUT2D eigenvalue weighted by Crippen LogP contribution is 2.31. The molecule has 1 aliphatic rings. The number of aromatic hydroxyl groups is 2. The van der Waals surface area contributed by atoms with E-state index in [2.05, 4.69) is 18.7 Å². The molecule has 1 aliphatic heterocycles. The van der Waals surface area contributed by atoms with E-state index >= 15 is 0 Å². The summed E-state index contributed by atoms with van der Waals surface area (Å²) in [5, 5.41) is 21.6. The van der Waals surface area contributed by atoms with E-state index in [1.165, 1.54) is 0 Å². The number of phenols is 2. The van der Waals surface area contributed by atoms with E-state index in [4.69, 9.17) is 0 Å². The Bertz CT molecular complexity index is 1750. The molecule has 1 fully saturated rings. The average molecular weight is 676 g/mol. The molecule has 9 heteroatoms. The lowest BCUT2D eigenvalue weighted by Gasteiger charge is -2.35. The molecule has 50 heavy (non-hydrogen) atoms. The van der Waals surface area contributed by atoms with Crippen molar-refractivity contribution in [1.29, 1.82) is 0 Å². The predicted molar refractivity (Wildman–Crippen MR) is 195 cm³/mol. The van der Waals surface area contributed by atoms with Crippen LogP contribution in [0.25, 0.3) is 0 Å². The molecule has 0 unspecified atom stereocenters. The summed E-state index contributed by atoms with van der Waals surface area (Å²) >= 11 is 0. The predicted octanol–water partition coefficient (Wildman–Crippen LogP) is 6.91. The van der Waals surface area contributed by atoms with Crippen molar-refractivity contribution in [2.75, 3.05) is 44.2 Å². The maximum atomic E-state index is 13.8. The number of hydrogen-bond acceptors (Lipinski definition) is 7. The molecule has 0 saturated carbocycles. The van der Waals surface area contributed by atoms with Gasteiger partial charge in [-0.05, 0) is 74.6 Å². The SMILES string of the molecule is CCC(CC)c1ccc(C(=O)c2ccccc2C(=O)N2CCN(C(=O)c3ccccc3C(=O)c3ccc(N(CC)CC)cc3O)CC2)c(O)c1. The van der Waals surface area contributed by atoms with Crippen LogP contribution in [0.3, 0.4) is 0 Å². The van der Waals surface area contributed by atoms with Gasteiger partial charge in [-0.15, -0.1) is 0 Å². The first-order valence-electron chi connectivity index (χ1n) is 17.4. The maximum absolute atomic E-state index is 13.8. The molecule has 0 bridgehead atoms. The summed E-state index contributed by atoms with van der Waals surface area (Å²) < 4.78 is 0. The molecule has 5 rings (SSSR count). The molecule has 0 atom stereocenters. The van der Waals surface area contributed by atoms with Crippen LogP contribution in [0.15, 0.2) is 84.9 Å². The molecule has 2 amide bonds. The first kappa shape index (κ1) is 35.9. The number of rotatable bonds is 12. The van der Waals surface area contributed by atoms with Crippen molar-refractivity contribution in [3.8, 4) is 11.5 Å². The van der Waals surface area contributed by atoms with E-state index in [1.54, 1.807) is 88.7 Å². The second kappa shape index (κ2) is 15.8. The Morgan fingerprint density at radius 2 is 1.00 bits per heavy atom. The van der Waals surface area contributed by atoms with Crippen LogP contribution in [0.2, 0.25) is 0 Å². The van der Waals surface area contributed by atoms with E-state index in [0.29, 0.717) is 0 Å². The summed E-state index contributed by atoms with van der Waals surface area (Å²) in [5.41, 5.74) is 2.84. The highest BCUT2D eigenvalue weighted by atomic mass is 16.3. The highest BCUT2D eigenvalue weighted by Gasteiger charge is 2.30. The standard InChI is InChI=1S/C41H45N3O6/c1-5-27(6-2)28-17-19-34(36(45)25-28)38(47)30-13-9-11-15-32(30)40(49)43-21-23-44(24-22-43)41(50)33-16-12-10-14-31(33)39(48)35-20-18-29(26-37(35)46)42(7-3)8-4/h9-20,25-27,45-46H,5-8,21-24H2,1-4H3. The van der Waals surface area contributed by atoms with E-state index in [0.717, 1.165) is 37.2 Å². The molecule has 1 heterocycles. The van der Waals surface area contributed by atoms with Gasteiger partial charge in [0.1, 0.15) is 11.5 Å². The molecule has 9 nitrogen and oxygen atoms in total. The molecular weight excluding hydrogens is 630 g/mol. The van der Waals surface area contributed by atoms with Crippen LogP contribution in [0, 0.1) is 0 Å². The van der Waals surface area contributed by atoms with Crippen LogP contribution in [-0.2, 0) is 0 Å². The molecule has 4 aromatic rings. The number of carbonyl (C=O) groups excluding carboxylic acids is 4. The highest BCUT2D eigenvalue weighted by molar-refractivity contribution is 6.17. The molecule has 260 valence electrons. The van der Waals surface area contributed by atoms with Crippen molar-refractivity contribution < 1.29 is 29.4 Å². The van der Waals surface area contributed by atoms with Gasteiger partial charge in [0.2, 0.25) is 0 Å². The van der Waals surface area contributed by atoms with Crippen molar-refractivity contribution in [3.05, 3.63) is 124 Å². The summed E-state index contributed by atoms with van der Waals surface area (Å²) in [4.78, 5) is 60.1. The van der Waals surface area contributed by atoms with Gasteiger partial charge in [0.05, 0.1) is 22.3 Å². The summed E-state index contributed by atoms with van der Waals surface area (Å²) in [5.74, 6) is -1.56. The summed E-state index contributed by atoms with van der Waals surface area (Å²) in [6, 6.07) is 23.2. The molecule has 1 saturated heterocycles. The van der Waals surface area contributed by atoms with Crippen molar-refractivity contribution >= 4 is 29.1 Å². The minimum absolute atomic E-state index is 0.111. The minimum Gasteiger partial charge on any atom is -0.507 e. The fourth-order valence-corrected chi connectivity index (χ4v) is 6.73. The molecule has 0 radical (unpaired) electrons. The van der Waals surface area contributed by atoms with Crippen molar-refractivity contribution in [2.24, 2.45) is 0 Å². The first-order valence-corrected chi connectivity index (χ1v) is 17.4. The van der Waals surface area contributed by atoms with Gasteiger partial charge in [-0.2, -0.15) is 0 Å². The molecule has 2 N–H and O–H groups in total. The van der Waals surface area contributed by atoms with Crippen LogP contribution in [0.1, 0.15) is 105 Å². The lowest BCUT2D eigenvalue weighted by molar-refractivity contribution is 0.0533. The topological polar surface area (TPSA) is 118 Å². The Hall–Kier alpha value is -5.44. The number of phenolic OH excluding ortho intramolecular Hbond substituents is 2. The number of carbonyl (C=O) groups is 4. The minimum atomic E-state index is -0.455. The number of benzene rings is 4. The van der Waals surface area contributed by atoms with E-state index in [9.17, 15) is 29.4 Å². The van der Waals surface area contributed by atoms with E-state index in [-0.39, 0.29) is 88.8 Å². The molecule has 0 aromatic heterocycles. The zero-order valence-electron chi connectivity index (χ0n) is 29.2. The van der Waals surface area contributed by atoms with Crippen molar-refractivity contribution in [1.82, 2.24) is 9.80 Å². The van der Waals surface area contributed by atoms with Crippen molar-refractivity contribution in [3.63, 3.8) is 0 Å². The Balaban J connectivity index is 1.30. The zero-order chi connectivity index (χ0) is 35.9. The third-order valence-electron chi connectivity index (χ3n) is 9.74. The monoisotopic (exact) mass is 675 g/mol. The molecule has 4 aromatic carbocycles. The summed E-state index contributed by atoms with van der Waals surface area (Å²) in [7, 11) is 0. The number of piperazine rings is 1. The fraction of sp³-hybridized carbons (Fsp3) is 0.317. The summed E-state index contributed by atoms with van der Waals surface area (Å²) in [6.45, 7) is 10.6. The number of amides is 2. The molecule has 0 aliphatic carbocycles. The Labute approximate surface area is 293 Å². The van der Waals surface area contributed by atoms with Crippen LogP contribution in [0.5, 0.6) is 11.5 Å². The molecule has 0 spiro atoms. The second-order valence-corrected chi connectivity index (χ2v) is 12.5. The first-order chi connectivity index (χ1) is 24.1. The third-order valence-corrected chi connectivity index (χ3v) is 9.74. The summed E-state index contributed by atoms with van der Waals surface area (Å²) in [6.07, 6.45) is 1.83. The lowest BCUT2D eigenvalue weighted by Crippen LogP contribution is -2.51. The van der Waals surface area contributed by atoms with Crippen LogP contribution >= 0.6 is 0 Å². The Morgan fingerprint density at radius 1 is 0.580 bits per heavy atom. The number of anilines is 1. The van der Waals surface area contributed by atoms with Gasteiger partial charge in [-0.1, -0.05) is 56.3 Å². The molecular formula is C41H45N3O6. The van der Waals surface area contributed by atoms with Crippen LogP contribution in [-0.4, -0.2) is 82.7 Å². The fourth-order valence-electron chi connectivity index (χ4n) is 6.73. The lowest BCUT2D eigenvalue weighted by atomic mass is 9.91. The average Bonchev–Trinajstić information content (AvgIpc) is 3.15. The zero-order valence-corrected chi connectivity index (χ0v) is 29.2. The third kappa shape index (κ3) is 7.27. The van der Waals surface area contributed by atoms with Crippen LogP contribution in [0.4, 0.5) is 5.69 Å². The van der Waals surface area contributed by atoms with Crippen LogP contribution < -0.4 is 4.90 Å². The largest absolute Gasteiger partial charge is 0.507 e. The van der Waals surface area contributed by atoms with E-state index in [1.807, 2.05) is 19.9 Å². The van der Waals surface area contributed by atoms with Gasteiger partial charge < -0.3 is 24.9 Å². The normalized spacial score (nSPS) is 13.0. The van der Waals surface area contributed by atoms with Gasteiger partial charge in [-0.25, -0.2) is 0 Å². The maximum Gasteiger partial charge on any atom is 0.254 e. The van der Waals surface area contributed by atoms with Gasteiger partial charge in [-0.3, -0.25) is 19.2 Å². The van der Waals surface area contributed by atoms with E-state index < -0.39 is 11.6 Å². The van der Waals surface area contributed by atoms with Gasteiger partial charge in [0.25, 0.3) is 11.8 Å². The van der Waals surface area contributed by atoms with Gasteiger partial charge >= 0.3 is 0 Å². The number of hydrogen-bond donors (Lipinski definition) is 2. The van der Waals surface area contributed by atoms with Gasteiger partial charge in [0, 0.05) is 62.1 Å². The second-order valence-electron chi connectivity index (χ2n) is 12.5. The number of nitrogens with zero attached hydrogens (tertiary/aromatic N) is 3. The Kier molecular flexibility index (Phi) is 11.4. The van der Waals surface area contributed by atoms with Crippen molar-refractivity contribution in [2.45, 2.75) is 46.5 Å². The Morgan fingerprint density at radius 3 is 1.40 bits per heavy atom. The smallest absolute Gasteiger partial charge is 0.254 e.